The smallest absolute Gasteiger partial charge is 0.231 e. The molecule has 21 heavy (non-hydrogen) atoms. The Morgan fingerprint density at radius 1 is 0.952 bits per heavy atom. The van der Waals surface area contributed by atoms with Gasteiger partial charge in [0, 0.05) is 0 Å². The second-order valence-corrected chi connectivity index (χ2v) is 5.06. The van der Waals surface area contributed by atoms with Gasteiger partial charge in [-0.25, -0.2) is 0 Å². The van der Waals surface area contributed by atoms with Crippen LogP contribution in [0, 0.1) is 13.8 Å². The standard InChI is InChI=1S/C17H18O4/c1-11-6-15(18-3)16(7-12(11)2)19-9-13-4-5-14-17(8-13)21-10-20-14/h4-8H,9-10H2,1-3H3. The van der Waals surface area contributed by atoms with E-state index in [1.807, 2.05) is 30.3 Å². The predicted molar refractivity (Wildman–Crippen MR) is 79.4 cm³/mol. The number of fused-ring (bicyclic) bond motifs is 1. The molecule has 0 spiro atoms. The van der Waals surface area contributed by atoms with Gasteiger partial charge in [0.2, 0.25) is 6.79 Å². The molecule has 2 aromatic carbocycles. The van der Waals surface area contributed by atoms with Gasteiger partial charge in [-0.15, -0.1) is 0 Å². The molecular weight excluding hydrogens is 268 g/mol. The summed E-state index contributed by atoms with van der Waals surface area (Å²) in [7, 11) is 1.65. The molecule has 1 aliphatic rings. The van der Waals surface area contributed by atoms with Crippen molar-refractivity contribution >= 4 is 0 Å². The Morgan fingerprint density at radius 3 is 2.43 bits per heavy atom. The average molecular weight is 286 g/mol. The fraction of sp³-hybridized carbons (Fsp3) is 0.294. The number of benzene rings is 2. The maximum Gasteiger partial charge on any atom is 0.231 e. The zero-order valence-corrected chi connectivity index (χ0v) is 12.4. The van der Waals surface area contributed by atoms with E-state index in [1.165, 1.54) is 11.1 Å². The van der Waals surface area contributed by atoms with Crippen LogP contribution in [0.5, 0.6) is 23.0 Å². The summed E-state index contributed by atoms with van der Waals surface area (Å²) < 4.78 is 21.9. The van der Waals surface area contributed by atoms with Crippen molar-refractivity contribution in [2.24, 2.45) is 0 Å². The summed E-state index contributed by atoms with van der Waals surface area (Å²) in [4.78, 5) is 0. The summed E-state index contributed by atoms with van der Waals surface area (Å²) in [6, 6.07) is 9.81. The van der Waals surface area contributed by atoms with Gasteiger partial charge in [-0.3, -0.25) is 0 Å². The quantitative estimate of drug-likeness (QED) is 0.860. The maximum absolute atomic E-state index is 5.89. The highest BCUT2D eigenvalue weighted by atomic mass is 16.7. The third kappa shape index (κ3) is 2.75. The minimum Gasteiger partial charge on any atom is -0.493 e. The molecule has 1 aliphatic heterocycles. The van der Waals surface area contributed by atoms with Gasteiger partial charge in [0.15, 0.2) is 23.0 Å². The van der Waals surface area contributed by atoms with Crippen LogP contribution in [0.1, 0.15) is 16.7 Å². The maximum atomic E-state index is 5.89. The van der Waals surface area contributed by atoms with Crippen molar-refractivity contribution in [2.45, 2.75) is 20.5 Å². The fourth-order valence-corrected chi connectivity index (χ4v) is 2.23. The zero-order chi connectivity index (χ0) is 14.8. The molecule has 0 bridgehead atoms. The van der Waals surface area contributed by atoms with E-state index >= 15 is 0 Å². The molecule has 0 radical (unpaired) electrons. The normalized spacial score (nSPS) is 12.3. The lowest BCUT2D eigenvalue weighted by molar-refractivity contribution is 0.174. The van der Waals surface area contributed by atoms with Crippen LogP contribution in [0.4, 0.5) is 0 Å². The Morgan fingerprint density at radius 2 is 1.67 bits per heavy atom. The van der Waals surface area contributed by atoms with Gasteiger partial charge in [0.05, 0.1) is 7.11 Å². The van der Waals surface area contributed by atoms with Crippen LogP contribution in [0.2, 0.25) is 0 Å². The van der Waals surface area contributed by atoms with Crippen LogP contribution in [0.15, 0.2) is 30.3 Å². The van der Waals surface area contributed by atoms with Crippen molar-refractivity contribution < 1.29 is 18.9 Å². The van der Waals surface area contributed by atoms with E-state index in [1.54, 1.807) is 7.11 Å². The van der Waals surface area contributed by atoms with Crippen molar-refractivity contribution in [1.82, 2.24) is 0 Å². The Bertz CT molecular complexity index is 664. The Hall–Kier alpha value is -2.36. The second-order valence-electron chi connectivity index (χ2n) is 5.06. The van der Waals surface area contributed by atoms with Crippen LogP contribution >= 0.6 is 0 Å². The van der Waals surface area contributed by atoms with Crippen LogP contribution in [-0.2, 0) is 6.61 Å². The molecule has 0 aliphatic carbocycles. The highest BCUT2D eigenvalue weighted by Crippen LogP contribution is 2.34. The number of ether oxygens (including phenoxy) is 4. The molecule has 0 saturated carbocycles. The van der Waals surface area contributed by atoms with Crippen molar-refractivity contribution in [3.8, 4) is 23.0 Å². The van der Waals surface area contributed by atoms with Gasteiger partial charge in [-0.1, -0.05) is 6.07 Å². The highest BCUT2D eigenvalue weighted by molar-refractivity contribution is 5.47. The summed E-state index contributed by atoms with van der Waals surface area (Å²) >= 11 is 0. The number of hydrogen-bond acceptors (Lipinski definition) is 4. The van der Waals surface area contributed by atoms with Gasteiger partial charge in [0.1, 0.15) is 6.61 Å². The lowest BCUT2D eigenvalue weighted by Crippen LogP contribution is -1.99. The van der Waals surface area contributed by atoms with E-state index in [0.717, 1.165) is 28.6 Å². The first-order chi connectivity index (χ1) is 10.2. The molecule has 0 unspecified atom stereocenters. The molecule has 4 heteroatoms. The number of rotatable bonds is 4. The lowest BCUT2D eigenvalue weighted by Gasteiger charge is -2.13. The summed E-state index contributed by atoms with van der Waals surface area (Å²) in [5.74, 6) is 3.04. The van der Waals surface area contributed by atoms with Gasteiger partial charge >= 0.3 is 0 Å². The molecule has 2 aromatic rings. The Labute approximate surface area is 124 Å². The summed E-state index contributed by atoms with van der Waals surface area (Å²) in [6.07, 6.45) is 0. The molecular formula is C17H18O4. The zero-order valence-electron chi connectivity index (χ0n) is 12.4. The molecule has 0 fully saturated rings. The van der Waals surface area contributed by atoms with Gasteiger partial charge < -0.3 is 18.9 Å². The van der Waals surface area contributed by atoms with Crippen molar-refractivity contribution in [3.05, 3.63) is 47.0 Å². The number of hydrogen-bond donors (Lipinski definition) is 0. The van der Waals surface area contributed by atoms with E-state index in [2.05, 4.69) is 13.8 Å². The lowest BCUT2D eigenvalue weighted by atomic mass is 10.1. The van der Waals surface area contributed by atoms with E-state index in [0.29, 0.717) is 6.61 Å². The molecule has 110 valence electrons. The summed E-state index contributed by atoms with van der Waals surface area (Å²) in [6.45, 7) is 4.85. The molecule has 0 N–H and O–H groups in total. The topological polar surface area (TPSA) is 36.9 Å². The average Bonchev–Trinajstić information content (AvgIpc) is 2.95. The largest absolute Gasteiger partial charge is 0.493 e. The molecule has 3 rings (SSSR count). The molecule has 0 atom stereocenters. The Kier molecular flexibility index (Phi) is 3.60. The fourth-order valence-electron chi connectivity index (χ4n) is 2.23. The van der Waals surface area contributed by atoms with Gasteiger partial charge in [0.25, 0.3) is 0 Å². The first kappa shape index (κ1) is 13.6. The first-order valence-corrected chi connectivity index (χ1v) is 6.84. The molecule has 0 amide bonds. The summed E-state index contributed by atoms with van der Waals surface area (Å²) in [5, 5.41) is 0. The molecule has 1 heterocycles. The van der Waals surface area contributed by atoms with Crippen LogP contribution in [0.3, 0.4) is 0 Å². The molecule has 4 nitrogen and oxygen atoms in total. The van der Waals surface area contributed by atoms with E-state index in [-0.39, 0.29) is 6.79 Å². The van der Waals surface area contributed by atoms with Crippen molar-refractivity contribution in [2.75, 3.05) is 13.9 Å². The SMILES string of the molecule is COc1cc(C)c(C)cc1OCc1ccc2c(c1)OCO2. The van der Waals surface area contributed by atoms with E-state index in [9.17, 15) is 0 Å². The molecule has 0 saturated heterocycles. The number of methoxy groups -OCH3 is 1. The van der Waals surface area contributed by atoms with E-state index in [4.69, 9.17) is 18.9 Å². The highest BCUT2D eigenvalue weighted by Gasteiger charge is 2.14. The Balaban J connectivity index is 1.77. The van der Waals surface area contributed by atoms with Crippen LogP contribution in [-0.4, -0.2) is 13.9 Å². The van der Waals surface area contributed by atoms with Crippen LogP contribution < -0.4 is 18.9 Å². The third-order valence-corrected chi connectivity index (χ3v) is 3.61. The minimum absolute atomic E-state index is 0.282. The van der Waals surface area contributed by atoms with Crippen molar-refractivity contribution in [1.29, 1.82) is 0 Å². The third-order valence-electron chi connectivity index (χ3n) is 3.61. The van der Waals surface area contributed by atoms with E-state index < -0.39 is 0 Å². The monoisotopic (exact) mass is 286 g/mol. The first-order valence-electron chi connectivity index (χ1n) is 6.84. The van der Waals surface area contributed by atoms with Gasteiger partial charge in [-0.05, 0) is 54.8 Å². The number of aryl methyl sites for hydroxylation is 2. The summed E-state index contributed by atoms with van der Waals surface area (Å²) in [5.41, 5.74) is 3.39. The van der Waals surface area contributed by atoms with Gasteiger partial charge in [-0.2, -0.15) is 0 Å². The second kappa shape index (κ2) is 5.56. The molecule has 0 aromatic heterocycles. The van der Waals surface area contributed by atoms with Crippen molar-refractivity contribution in [3.63, 3.8) is 0 Å². The predicted octanol–water partition coefficient (Wildman–Crippen LogP) is 3.62. The van der Waals surface area contributed by atoms with Crippen LogP contribution in [0.25, 0.3) is 0 Å². The minimum atomic E-state index is 0.282.